The van der Waals surface area contributed by atoms with Crippen molar-refractivity contribution in [1.29, 1.82) is 0 Å². The molecule has 120 valence electrons. The molecule has 1 aliphatic heterocycles. The van der Waals surface area contributed by atoms with Gasteiger partial charge in [-0.05, 0) is 54.1 Å². The molecule has 1 N–H and O–H groups in total. The molecule has 0 saturated carbocycles. The van der Waals surface area contributed by atoms with Crippen molar-refractivity contribution < 1.29 is 9.47 Å². The first-order chi connectivity index (χ1) is 11.7. The zero-order valence-electron chi connectivity index (χ0n) is 13.0. The van der Waals surface area contributed by atoms with Gasteiger partial charge < -0.3 is 14.8 Å². The number of rotatable bonds is 2. The molecule has 1 unspecified atom stereocenters. The monoisotopic (exact) mass is 338 g/mol. The summed E-state index contributed by atoms with van der Waals surface area (Å²) in [4.78, 5) is 4.11. The van der Waals surface area contributed by atoms with E-state index in [1.54, 1.807) is 19.5 Å². The van der Waals surface area contributed by atoms with Gasteiger partial charge in [-0.2, -0.15) is 0 Å². The standard InChI is InChI=1S/C19H15ClN2O2/c1-23-14-3-5-17-15(11-14)19(12-6-8-21-9-7-12)22-16-10-13(20)2-4-18(16)24-17/h2-11,19,22H,1H3. The Hall–Kier alpha value is -2.72. The Labute approximate surface area is 145 Å². The molecule has 4 rings (SSSR count). The van der Waals surface area contributed by atoms with E-state index in [-0.39, 0.29) is 6.04 Å². The number of nitrogens with zero attached hydrogens (tertiary/aromatic N) is 1. The van der Waals surface area contributed by atoms with Crippen LogP contribution in [0, 0.1) is 0 Å². The number of benzene rings is 2. The predicted molar refractivity (Wildman–Crippen MR) is 94.2 cm³/mol. The van der Waals surface area contributed by atoms with Crippen LogP contribution in [0.2, 0.25) is 5.02 Å². The van der Waals surface area contributed by atoms with Gasteiger partial charge in [0.2, 0.25) is 0 Å². The highest BCUT2D eigenvalue weighted by Crippen LogP contribution is 2.44. The molecule has 2 aromatic carbocycles. The maximum absolute atomic E-state index is 6.16. The topological polar surface area (TPSA) is 43.4 Å². The number of hydrogen-bond acceptors (Lipinski definition) is 4. The van der Waals surface area contributed by atoms with Gasteiger partial charge in [0.05, 0.1) is 18.8 Å². The first-order valence-corrected chi connectivity index (χ1v) is 7.94. The molecule has 1 aliphatic rings. The molecule has 0 radical (unpaired) electrons. The van der Waals surface area contributed by atoms with Gasteiger partial charge in [0.1, 0.15) is 11.5 Å². The fourth-order valence-electron chi connectivity index (χ4n) is 2.85. The van der Waals surface area contributed by atoms with E-state index in [1.165, 1.54) is 0 Å². The minimum Gasteiger partial charge on any atom is -0.497 e. The summed E-state index contributed by atoms with van der Waals surface area (Å²) in [5.41, 5.74) is 2.92. The summed E-state index contributed by atoms with van der Waals surface area (Å²) in [6, 6.07) is 15.2. The smallest absolute Gasteiger partial charge is 0.150 e. The number of ether oxygens (including phenoxy) is 2. The molecule has 24 heavy (non-hydrogen) atoms. The first-order valence-electron chi connectivity index (χ1n) is 7.56. The van der Waals surface area contributed by atoms with Crippen LogP contribution < -0.4 is 14.8 Å². The highest BCUT2D eigenvalue weighted by molar-refractivity contribution is 6.30. The molecule has 3 aromatic rings. The van der Waals surface area contributed by atoms with Crippen LogP contribution in [-0.4, -0.2) is 12.1 Å². The van der Waals surface area contributed by atoms with Gasteiger partial charge in [-0.25, -0.2) is 0 Å². The summed E-state index contributed by atoms with van der Waals surface area (Å²) in [5.74, 6) is 2.30. The van der Waals surface area contributed by atoms with Gasteiger partial charge in [0.15, 0.2) is 5.75 Å². The zero-order valence-corrected chi connectivity index (χ0v) is 13.7. The van der Waals surface area contributed by atoms with Gasteiger partial charge in [0.25, 0.3) is 0 Å². The van der Waals surface area contributed by atoms with Crippen molar-refractivity contribution in [3.63, 3.8) is 0 Å². The van der Waals surface area contributed by atoms with Gasteiger partial charge in [0, 0.05) is 23.0 Å². The normalized spacial score (nSPS) is 15.3. The molecule has 1 aromatic heterocycles. The number of fused-ring (bicyclic) bond motifs is 2. The lowest BCUT2D eigenvalue weighted by Crippen LogP contribution is -2.11. The number of hydrogen-bond donors (Lipinski definition) is 1. The third-order valence-electron chi connectivity index (χ3n) is 4.03. The molecule has 5 heteroatoms. The quantitative estimate of drug-likeness (QED) is 0.710. The van der Waals surface area contributed by atoms with Crippen molar-refractivity contribution in [3.8, 4) is 17.2 Å². The fourth-order valence-corrected chi connectivity index (χ4v) is 3.02. The summed E-state index contributed by atoms with van der Waals surface area (Å²) in [6.07, 6.45) is 3.56. The minimum absolute atomic E-state index is 0.0992. The minimum atomic E-state index is -0.0992. The lowest BCUT2D eigenvalue weighted by Gasteiger charge is -2.20. The second-order valence-electron chi connectivity index (χ2n) is 5.50. The van der Waals surface area contributed by atoms with Crippen molar-refractivity contribution in [2.45, 2.75) is 6.04 Å². The van der Waals surface area contributed by atoms with Crippen molar-refractivity contribution in [1.82, 2.24) is 4.98 Å². The Morgan fingerprint density at radius 1 is 1.04 bits per heavy atom. The maximum atomic E-state index is 6.16. The van der Waals surface area contributed by atoms with E-state index >= 15 is 0 Å². The van der Waals surface area contributed by atoms with Crippen molar-refractivity contribution in [2.75, 3.05) is 12.4 Å². The average Bonchev–Trinajstić information content (AvgIpc) is 2.78. The van der Waals surface area contributed by atoms with Crippen LogP contribution in [0.4, 0.5) is 5.69 Å². The van der Waals surface area contributed by atoms with Crippen LogP contribution in [0.25, 0.3) is 0 Å². The molecular formula is C19H15ClN2O2. The SMILES string of the molecule is COc1ccc2c(c1)C(c1ccncc1)Nc1cc(Cl)ccc1O2. The Balaban J connectivity index is 1.90. The number of aromatic nitrogens is 1. The Kier molecular flexibility index (Phi) is 3.75. The van der Waals surface area contributed by atoms with Crippen LogP contribution >= 0.6 is 11.6 Å². The van der Waals surface area contributed by atoms with Crippen LogP contribution in [0.5, 0.6) is 17.2 Å². The van der Waals surface area contributed by atoms with Crippen molar-refractivity contribution >= 4 is 17.3 Å². The Morgan fingerprint density at radius 3 is 2.62 bits per heavy atom. The summed E-state index contributed by atoms with van der Waals surface area (Å²) in [7, 11) is 1.66. The largest absolute Gasteiger partial charge is 0.497 e. The molecule has 1 atom stereocenters. The van der Waals surface area contributed by atoms with Crippen LogP contribution in [0.3, 0.4) is 0 Å². The third kappa shape index (κ3) is 2.65. The van der Waals surface area contributed by atoms with Gasteiger partial charge in [-0.15, -0.1) is 0 Å². The molecular weight excluding hydrogens is 324 g/mol. The highest BCUT2D eigenvalue weighted by Gasteiger charge is 2.25. The van der Waals surface area contributed by atoms with E-state index in [9.17, 15) is 0 Å². The van der Waals surface area contributed by atoms with Gasteiger partial charge in [-0.3, -0.25) is 4.98 Å². The number of anilines is 1. The fraction of sp³-hybridized carbons (Fsp3) is 0.105. The maximum Gasteiger partial charge on any atom is 0.150 e. The van der Waals surface area contributed by atoms with E-state index in [4.69, 9.17) is 21.1 Å². The molecule has 0 bridgehead atoms. The highest BCUT2D eigenvalue weighted by atomic mass is 35.5. The molecule has 4 nitrogen and oxygen atoms in total. The molecule has 0 aliphatic carbocycles. The van der Waals surface area contributed by atoms with E-state index < -0.39 is 0 Å². The van der Waals surface area contributed by atoms with E-state index in [0.29, 0.717) is 5.02 Å². The van der Waals surface area contributed by atoms with E-state index in [1.807, 2.05) is 48.5 Å². The van der Waals surface area contributed by atoms with Crippen molar-refractivity contribution in [3.05, 3.63) is 77.1 Å². The van der Waals surface area contributed by atoms with Gasteiger partial charge >= 0.3 is 0 Å². The van der Waals surface area contributed by atoms with Crippen molar-refractivity contribution in [2.24, 2.45) is 0 Å². The van der Waals surface area contributed by atoms with E-state index in [2.05, 4.69) is 10.3 Å². The average molecular weight is 339 g/mol. The Bertz CT molecular complexity index is 884. The summed E-state index contributed by atoms with van der Waals surface area (Å²) < 4.78 is 11.5. The molecule has 0 spiro atoms. The second kappa shape index (κ2) is 6.06. The molecule has 0 amide bonds. The second-order valence-corrected chi connectivity index (χ2v) is 5.94. The van der Waals surface area contributed by atoms with E-state index in [0.717, 1.165) is 34.1 Å². The summed E-state index contributed by atoms with van der Waals surface area (Å²) in [5, 5.41) is 4.19. The van der Waals surface area contributed by atoms with Crippen LogP contribution in [0.15, 0.2) is 60.9 Å². The summed E-state index contributed by atoms with van der Waals surface area (Å²) >= 11 is 6.16. The number of pyridine rings is 1. The van der Waals surface area contributed by atoms with Gasteiger partial charge in [-0.1, -0.05) is 11.6 Å². The number of halogens is 1. The lowest BCUT2D eigenvalue weighted by molar-refractivity contribution is 0.412. The number of nitrogens with one attached hydrogen (secondary N) is 1. The Morgan fingerprint density at radius 2 is 1.83 bits per heavy atom. The summed E-state index contributed by atoms with van der Waals surface area (Å²) in [6.45, 7) is 0. The van der Waals surface area contributed by atoms with Crippen LogP contribution in [0.1, 0.15) is 17.2 Å². The predicted octanol–water partition coefficient (Wildman–Crippen LogP) is 5.05. The first kappa shape index (κ1) is 14.8. The zero-order chi connectivity index (χ0) is 16.5. The molecule has 2 heterocycles. The van der Waals surface area contributed by atoms with Crippen LogP contribution in [-0.2, 0) is 0 Å². The third-order valence-corrected chi connectivity index (χ3v) is 4.26. The number of methoxy groups -OCH3 is 1. The lowest BCUT2D eigenvalue weighted by atomic mass is 9.98. The molecule has 0 saturated heterocycles. The molecule has 0 fully saturated rings.